The van der Waals surface area contributed by atoms with Crippen molar-refractivity contribution in [2.75, 3.05) is 0 Å². The van der Waals surface area contributed by atoms with Gasteiger partial charge in [-0.1, -0.05) is 19.8 Å². The summed E-state index contributed by atoms with van der Waals surface area (Å²) in [5, 5.41) is 21.0. The molecular weight excluding hydrogens is 308 g/mol. The van der Waals surface area contributed by atoms with Crippen LogP contribution in [0.4, 0.5) is 0 Å². The molecule has 3 unspecified atom stereocenters. The molecule has 140 valence electrons. The van der Waals surface area contributed by atoms with Crippen LogP contribution in [-0.2, 0) is 0 Å². The van der Waals surface area contributed by atoms with Crippen LogP contribution < -0.4 is 0 Å². The molecule has 25 heavy (non-hydrogen) atoms. The van der Waals surface area contributed by atoms with Gasteiger partial charge in [0.05, 0.1) is 6.10 Å². The summed E-state index contributed by atoms with van der Waals surface area (Å²) in [6.45, 7) is 6.99. The first-order valence-electron chi connectivity index (χ1n) is 10.6. The monoisotopic (exact) mass is 344 g/mol. The van der Waals surface area contributed by atoms with Crippen molar-refractivity contribution in [3.8, 4) is 12.3 Å². The van der Waals surface area contributed by atoms with E-state index in [1.165, 1.54) is 38.5 Å². The van der Waals surface area contributed by atoms with Gasteiger partial charge in [-0.25, -0.2) is 0 Å². The summed E-state index contributed by atoms with van der Waals surface area (Å²) < 4.78 is 0. The minimum Gasteiger partial charge on any atom is -0.393 e. The maximum atomic E-state index is 10.7. The largest absolute Gasteiger partial charge is 0.393 e. The van der Waals surface area contributed by atoms with Gasteiger partial charge in [0.1, 0.15) is 5.60 Å². The number of hydrogen-bond acceptors (Lipinski definition) is 2. The topological polar surface area (TPSA) is 40.5 Å². The van der Waals surface area contributed by atoms with Crippen molar-refractivity contribution in [3.63, 3.8) is 0 Å². The van der Waals surface area contributed by atoms with E-state index >= 15 is 0 Å². The van der Waals surface area contributed by atoms with E-state index in [0.717, 1.165) is 37.0 Å². The summed E-state index contributed by atoms with van der Waals surface area (Å²) in [6.07, 6.45) is 15.8. The number of aliphatic hydroxyl groups excluding tert-OH is 1. The van der Waals surface area contributed by atoms with Gasteiger partial charge in [0.2, 0.25) is 0 Å². The van der Waals surface area contributed by atoms with E-state index in [0.29, 0.717) is 22.7 Å². The van der Waals surface area contributed by atoms with E-state index < -0.39 is 5.60 Å². The predicted octanol–water partition coefficient (Wildman–Crippen LogP) is 4.39. The smallest absolute Gasteiger partial charge is 0.125 e. The molecule has 2 nitrogen and oxygen atoms in total. The molecule has 4 aliphatic carbocycles. The van der Waals surface area contributed by atoms with Crippen LogP contribution in [0.5, 0.6) is 0 Å². The molecule has 0 spiro atoms. The van der Waals surface area contributed by atoms with Crippen molar-refractivity contribution in [3.05, 3.63) is 0 Å². The average Bonchev–Trinajstić information content (AvgIpc) is 2.93. The lowest BCUT2D eigenvalue weighted by Gasteiger charge is -2.61. The van der Waals surface area contributed by atoms with Gasteiger partial charge in [0.15, 0.2) is 0 Å². The molecule has 0 bridgehead atoms. The summed E-state index contributed by atoms with van der Waals surface area (Å²) in [5.74, 6) is 6.16. The molecule has 0 heterocycles. The number of fused-ring (bicyclic) bond motifs is 5. The molecule has 0 aromatic carbocycles. The van der Waals surface area contributed by atoms with Crippen molar-refractivity contribution >= 4 is 0 Å². The molecular formula is C23H36O2. The Morgan fingerprint density at radius 1 is 0.960 bits per heavy atom. The fourth-order valence-corrected chi connectivity index (χ4v) is 8.21. The van der Waals surface area contributed by atoms with E-state index in [1.807, 2.05) is 6.92 Å². The van der Waals surface area contributed by atoms with Gasteiger partial charge in [-0.15, -0.1) is 6.42 Å². The third-order valence-electron chi connectivity index (χ3n) is 9.65. The second kappa shape index (κ2) is 5.74. The Morgan fingerprint density at radius 2 is 1.68 bits per heavy atom. The van der Waals surface area contributed by atoms with Crippen molar-refractivity contribution in [1.29, 1.82) is 0 Å². The van der Waals surface area contributed by atoms with E-state index in [-0.39, 0.29) is 6.10 Å². The van der Waals surface area contributed by atoms with Gasteiger partial charge in [-0.3, -0.25) is 0 Å². The van der Waals surface area contributed by atoms with Crippen LogP contribution in [0.2, 0.25) is 0 Å². The molecule has 4 aliphatic rings. The Labute approximate surface area is 153 Å². The van der Waals surface area contributed by atoms with Crippen LogP contribution in [0, 0.1) is 52.8 Å². The molecule has 0 radical (unpaired) electrons. The second-order valence-corrected chi connectivity index (χ2v) is 10.5. The number of aliphatic hydroxyl groups is 2. The molecule has 4 rings (SSSR count). The molecule has 4 saturated carbocycles. The third kappa shape index (κ3) is 2.45. The lowest BCUT2D eigenvalue weighted by atomic mass is 9.44. The quantitative estimate of drug-likeness (QED) is 0.693. The first kappa shape index (κ1) is 17.9. The van der Waals surface area contributed by atoms with E-state index in [1.54, 1.807) is 0 Å². The molecule has 0 aromatic rings. The predicted molar refractivity (Wildman–Crippen MR) is 101 cm³/mol. The van der Waals surface area contributed by atoms with Crippen LogP contribution in [0.15, 0.2) is 0 Å². The number of rotatable bonds is 1. The molecule has 0 aliphatic heterocycles. The van der Waals surface area contributed by atoms with Crippen molar-refractivity contribution in [2.45, 2.75) is 90.3 Å². The summed E-state index contributed by atoms with van der Waals surface area (Å²) in [6, 6.07) is 0. The standard InChI is InChI=1S/C23H36O2/c1-5-23(25)13-12-21(3)16(14-23)6-7-17-19-9-8-18(15(2)24)22(19,4)11-10-20(17)21/h1,15-20,24-25H,6-14H2,2-4H3/t15-,16-,17?,18-,19?,20?,21+,22-,23+/m1/s1. The highest BCUT2D eigenvalue weighted by Gasteiger charge is 2.61. The molecule has 2 N–H and O–H groups in total. The molecule has 0 aromatic heterocycles. The summed E-state index contributed by atoms with van der Waals surface area (Å²) in [7, 11) is 0. The van der Waals surface area contributed by atoms with Gasteiger partial charge in [0, 0.05) is 0 Å². The van der Waals surface area contributed by atoms with E-state index in [2.05, 4.69) is 19.8 Å². The minimum atomic E-state index is -0.856. The summed E-state index contributed by atoms with van der Waals surface area (Å²) in [4.78, 5) is 0. The van der Waals surface area contributed by atoms with Gasteiger partial charge in [-0.05, 0) is 105 Å². The van der Waals surface area contributed by atoms with Crippen molar-refractivity contribution in [1.82, 2.24) is 0 Å². The van der Waals surface area contributed by atoms with Crippen LogP contribution in [0.3, 0.4) is 0 Å². The minimum absolute atomic E-state index is 0.168. The molecule has 0 amide bonds. The summed E-state index contributed by atoms with van der Waals surface area (Å²) in [5.41, 5.74) is -0.159. The van der Waals surface area contributed by atoms with Crippen molar-refractivity contribution in [2.24, 2.45) is 40.4 Å². The Balaban J connectivity index is 1.59. The van der Waals surface area contributed by atoms with E-state index in [9.17, 15) is 10.2 Å². The molecule has 4 fully saturated rings. The van der Waals surface area contributed by atoms with Crippen LogP contribution >= 0.6 is 0 Å². The first-order chi connectivity index (χ1) is 11.7. The zero-order chi connectivity index (χ0) is 18.0. The lowest BCUT2D eigenvalue weighted by Crippen LogP contribution is -2.56. The zero-order valence-electron chi connectivity index (χ0n) is 16.3. The lowest BCUT2D eigenvalue weighted by molar-refractivity contribution is -0.142. The normalized spacial score (nSPS) is 56.2. The zero-order valence-corrected chi connectivity index (χ0v) is 16.3. The Morgan fingerprint density at radius 3 is 2.36 bits per heavy atom. The first-order valence-corrected chi connectivity index (χ1v) is 10.6. The van der Waals surface area contributed by atoms with Crippen LogP contribution in [-0.4, -0.2) is 21.9 Å². The average molecular weight is 345 g/mol. The van der Waals surface area contributed by atoms with Crippen LogP contribution in [0.25, 0.3) is 0 Å². The van der Waals surface area contributed by atoms with Gasteiger partial charge >= 0.3 is 0 Å². The van der Waals surface area contributed by atoms with Crippen molar-refractivity contribution < 1.29 is 10.2 Å². The molecule has 9 atom stereocenters. The highest BCUT2D eigenvalue weighted by molar-refractivity contribution is 5.16. The van der Waals surface area contributed by atoms with E-state index in [4.69, 9.17) is 6.42 Å². The fourth-order valence-electron chi connectivity index (χ4n) is 8.21. The Bertz CT molecular complexity index is 577. The number of hydrogen-bond donors (Lipinski definition) is 2. The van der Waals surface area contributed by atoms with Gasteiger partial charge < -0.3 is 10.2 Å². The maximum Gasteiger partial charge on any atom is 0.125 e. The second-order valence-electron chi connectivity index (χ2n) is 10.5. The molecule has 0 saturated heterocycles. The highest BCUT2D eigenvalue weighted by Crippen LogP contribution is 2.68. The Hall–Kier alpha value is -0.520. The summed E-state index contributed by atoms with van der Waals surface area (Å²) >= 11 is 0. The SMILES string of the molecule is C#C[C@]1(O)CC[C@]2(C)C3CC[C@@]4(C)C(CC[C@@H]4[C@@H](C)O)C3CC[C@@H]2C1. The third-order valence-corrected chi connectivity index (χ3v) is 9.65. The van der Waals surface area contributed by atoms with Crippen LogP contribution in [0.1, 0.15) is 78.6 Å². The van der Waals surface area contributed by atoms with Gasteiger partial charge in [-0.2, -0.15) is 0 Å². The number of terminal acetylenes is 1. The fraction of sp³-hybridized carbons (Fsp3) is 0.913. The molecule has 2 heteroatoms. The maximum absolute atomic E-state index is 10.7. The van der Waals surface area contributed by atoms with Gasteiger partial charge in [0.25, 0.3) is 0 Å². The Kier molecular flexibility index (Phi) is 4.10. The highest BCUT2D eigenvalue weighted by atomic mass is 16.3.